The van der Waals surface area contributed by atoms with Crippen LogP contribution in [-0.4, -0.2) is 46.9 Å². The maximum Gasteiger partial charge on any atom is 0.384 e. The van der Waals surface area contributed by atoms with E-state index in [4.69, 9.17) is 9.47 Å². The van der Waals surface area contributed by atoms with Crippen molar-refractivity contribution in [1.29, 1.82) is 0 Å². The molecule has 0 radical (unpaired) electrons. The highest BCUT2D eigenvalue weighted by atomic mass is 17.1. The van der Waals surface area contributed by atoms with E-state index in [-0.39, 0.29) is 18.6 Å². The molecule has 0 aromatic carbocycles. The third-order valence-corrected chi connectivity index (χ3v) is 5.14. The van der Waals surface area contributed by atoms with Gasteiger partial charge < -0.3 is 14.6 Å². The largest absolute Gasteiger partial charge is 0.449 e. The van der Waals surface area contributed by atoms with Gasteiger partial charge >= 0.3 is 5.97 Å². The molecule has 0 aliphatic carbocycles. The monoisotopic (exact) mass is 416 g/mol. The van der Waals surface area contributed by atoms with Crippen molar-refractivity contribution in [2.75, 3.05) is 0 Å². The number of carbonyl (C=O) groups is 1. The van der Waals surface area contributed by atoms with Gasteiger partial charge in [-0.05, 0) is 25.2 Å². The molecule has 0 aromatic heterocycles. The highest BCUT2D eigenvalue weighted by Gasteiger charge is 2.22. The summed E-state index contributed by atoms with van der Waals surface area (Å²) in [7, 11) is 0. The van der Waals surface area contributed by atoms with Gasteiger partial charge in [0.15, 0.2) is 0 Å². The van der Waals surface area contributed by atoms with Gasteiger partial charge in [-0.3, -0.25) is 5.26 Å². The number of carbonyl (C=O) groups excluding carboxylic acids is 1. The molecule has 5 unspecified atom stereocenters. The van der Waals surface area contributed by atoms with Crippen LogP contribution in [0.5, 0.6) is 0 Å². The van der Waals surface area contributed by atoms with E-state index in [0.29, 0.717) is 18.8 Å². The SMILES string of the molecule is C=CC(O)C1C/C=C/C(OO)CC(=C)CC(C)C[C@@H]2CC=CC(CC#CC(=O)O1)O2. The quantitative estimate of drug-likeness (QED) is 0.182. The van der Waals surface area contributed by atoms with E-state index >= 15 is 0 Å². The topological polar surface area (TPSA) is 85.2 Å². The smallest absolute Gasteiger partial charge is 0.384 e. The van der Waals surface area contributed by atoms with Crippen molar-refractivity contribution in [3.63, 3.8) is 0 Å². The van der Waals surface area contributed by atoms with Gasteiger partial charge in [0.25, 0.3) is 0 Å². The number of rotatable bonds is 3. The first kappa shape index (κ1) is 24.1. The predicted octanol–water partition coefficient (Wildman–Crippen LogP) is 3.73. The van der Waals surface area contributed by atoms with Gasteiger partial charge in [-0.15, -0.1) is 6.58 Å². The molecule has 2 rings (SSSR count). The average Bonchev–Trinajstić information content (AvgIpc) is 2.71. The second-order valence-electron chi connectivity index (χ2n) is 7.94. The molecule has 2 aliphatic rings. The van der Waals surface area contributed by atoms with E-state index in [1.54, 1.807) is 12.2 Å². The Bertz CT molecular complexity index is 713. The zero-order valence-corrected chi connectivity index (χ0v) is 17.5. The van der Waals surface area contributed by atoms with Gasteiger partial charge in [0.05, 0.1) is 12.2 Å². The van der Waals surface area contributed by atoms with E-state index in [2.05, 4.69) is 42.9 Å². The lowest BCUT2D eigenvalue weighted by molar-refractivity contribution is -0.265. The molecule has 6 atom stereocenters. The number of aliphatic hydroxyl groups is 1. The van der Waals surface area contributed by atoms with Gasteiger partial charge in [0, 0.05) is 25.2 Å². The van der Waals surface area contributed by atoms with Gasteiger partial charge in [-0.25, -0.2) is 9.68 Å². The normalized spacial score (nSPS) is 33.2. The van der Waals surface area contributed by atoms with Crippen LogP contribution < -0.4 is 0 Å². The first-order valence-electron chi connectivity index (χ1n) is 10.4. The number of fused-ring (bicyclic) bond motifs is 2. The predicted molar refractivity (Wildman–Crippen MR) is 114 cm³/mol. The van der Waals surface area contributed by atoms with Crippen LogP contribution in [0.3, 0.4) is 0 Å². The van der Waals surface area contributed by atoms with Crippen molar-refractivity contribution in [3.05, 3.63) is 49.1 Å². The van der Waals surface area contributed by atoms with Crippen LogP contribution >= 0.6 is 0 Å². The van der Waals surface area contributed by atoms with Gasteiger partial charge in [-0.1, -0.05) is 55.4 Å². The lowest BCUT2D eigenvalue weighted by Crippen LogP contribution is -2.29. The van der Waals surface area contributed by atoms with E-state index in [1.165, 1.54) is 6.08 Å². The maximum absolute atomic E-state index is 12.1. The lowest BCUT2D eigenvalue weighted by atomic mass is 9.91. The summed E-state index contributed by atoms with van der Waals surface area (Å²) in [6, 6.07) is 0. The molecule has 6 nitrogen and oxygen atoms in total. The van der Waals surface area contributed by atoms with Crippen molar-refractivity contribution < 1.29 is 29.5 Å². The van der Waals surface area contributed by atoms with E-state index in [0.717, 1.165) is 24.8 Å². The van der Waals surface area contributed by atoms with Crippen molar-refractivity contribution in [2.45, 2.75) is 76.0 Å². The number of ether oxygens (including phenoxy) is 2. The summed E-state index contributed by atoms with van der Waals surface area (Å²) in [6.45, 7) is 9.81. The van der Waals surface area contributed by atoms with Crippen LogP contribution in [0.1, 0.15) is 45.4 Å². The van der Waals surface area contributed by atoms with Crippen LogP contribution in [0.4, 0.5) is 0 Å². The van der Waals surface area contributed by atoms with E-state index in [1.807, 2.05) is 6.08 Å². The number of cyclic esters (lactones) is 1. The van der Waals surface area contributed by atoms with Crippen LogP contribution in [0, 0.1) is 17.8 Å². The fourth-order valence-corrected chi connectivity index (χ4v) is 3.70. The Hall–Kier alpha value is -2.17. The summed E-state index contributed by atoms with van der Waals surface area (Å²) in [5.74, 6) is 4.92. The first-order valence-corrected chi connectivity index (χ1v) is 10.4. The van der Waals surface area contributed by atoms with E-state index in [9.17, 15) is 15.2 Å². The Morgan fingerprint density at radius 2 is 2.07 bits per heavy atom. The Morgan fingerprint density at radius 1 is 1.30 bits per heavy atom. The Labute approximate surface area is 178 Å². The molecule has 164 valence electrons. The fraction of sp³-hybridized carbons (Fsp3) is 0.542. The molecule has 6 heteroatoms. The fourth-order valence-electron chi connectivity index (χ4n) is 3.70. The van der Waals surface area contributed by atoms with Crippen molar-refractivity contribution in [1.82, 2.24) is 0 Å². The highest BCUT2D eigenvalue weighted by molar-refractivity contribution is 5.88. The van der Waals surface area contributed by atoms with Crippen LogP contribution in [0.2, 0.25) is 0 Å². The molecule has 0 spiro atoms. The standard InChI is InChI=1S/C24H32O6/c1-4-22(25)23-12-6-11-21(30-27)16-18(3)14-17(2)15-20-10-5-8-19(28-20)9-7-13-24(26)29-23/h4-6,8,11,17,19-23,25,27H,1,3,9-10,12,14-16H2,2H3/b11-6+/t17?,19?,20-,21?,22?,23?/m0/s1. The minimum Gasteiger partial charge on any atom is -0.449 e. The highest BCUT2D eigenvalue weighted by Crippen LogP contribution is 2.25. The Morgan fingerprint density at radius 3 is 2.80 bits per heavy atom. The minimum absolute atomic E-state index is 0.0901. The Kier molecular flexibility index (Phi) is 10.0. The molecule has 0 amide bonds. The van der Waals surface area contributed by atoms with Crippen molar-refractivity contribution in [2.24, 2.45) is 5.92 Å². The molecule has 0 aromatic rings. The second-order valence-corrected chi connectivity index (χ2v) is 7.94. The first-order chi connectivity index (χ1) is 14.4. The van der Waals surface area contributed by atoms with Gasteiger partial charge in [0.2, 0.25) is 0 Å². The summed E-state index contributed by atoms with van der Waals surface area (Å²) in [5, 5.41) is 19.3. The van der Waals surface area contributed by atoms with Crippen LogP contribution in [0.25, 0.3) is 0 Å². The summed E-state index contributed by atoms with van der Waals surface area (Å²) in [5.41, 5.74) is 0.968. The lowest BCUT2D eigenvalue weighted by Gasteiger charge is -2.27. The number of esters is 1. The summed E-state index contributed by atoms with van der Waals surface area (Å²) < 4.78 is 11.4. The van der Waals surface area contributed by atoms with Crippen molar-refractivity contribution in [3.8, 4) is 11.8 Å². The minimum atomic E-state index is -1.04. The third-order valence-electron chi connectivity index (χ3n) is 5.14. The summed E-state index contributed by atoms with van der Waals surface area (Å²) in [6.07, 6.45) is 9.82. The molecule has 2 bridgehead atoms. The Balaban J connectivity index is 2.17. The number of hydrogen-bond donors (Lipinski definition) is 2. The zero-order chi connectivity index (χ0) is 21.9. The second kappa shape index (κ2) is 12.5. The number of hydrogen-bond acceptors (Lipinski definition) is 6. The molecule has 0 saturated heterocycles. The van der Waals surface area contributed by atoms with Crippen LogP contribution in [0.15, 0.2) is 49.1 Å². The molecule has 2 aliphatic heterocycles. The molecule has 2 N–H and O–H groups in total. The molecule has 0 saturated carbocycles. The molecule has 0 fully saturated rings. The van der Waals surface area contributed by atoms with Gasteiger partial charge in [-0.2, -0.15) is 0 Å². The summed E-state index contributed by atoms with van der Waals surface area (Å²) >= 11 is 0. The average molecular weight is 417 g/mol. The molecule has 2 heterocycles. The summed E-state index contributed by atoms with van der Waals surface area (Å²) in [4.78, 5) is 16.6. The maximum atomic E-state index is 12.1. The third kappa shape index (κ3) is 8.29. The molecule has 30 heavy (non-hydrogen) atoms. The molecular weight excluding hydrogens is 384 g/mol. The van der Waals surface area contributed by atoms with E-state index < -0.39 is 24.3 Å². The number of aliphatic hydroxyl groups excluding tert-OH is 1. The molecular formula is C24H32O6. The van der Waals surface area contributed by atoms with Gasteiger partial charge in [0.1, 0.15) is 18.3 Å². The van der Waals surface area contributed by atoms with Crippen molar-refractivity contribution >= 4 is 5.97 Å². The zero-order valence-electron chi connectivity index (χ0n) is 17.5. The van der Waals surface area contributed by atoms with Crippen LogP contribution in [-0.2, 0) is 19.2 Å².